The molecule has 0 atom stereocenters. The quantitative estimate of drug-likeness (QED) is 0.797. The molecular weight excluding hydrogens is 278 g/mol. The first-order chi connectivity index (χ1) is 7.29. The van der Waals surface area contributed by atoms with E-state index in [9.17, 15) is 4.79 Å². The average molecular weight is 290 g/mol. The van der Waals surface area contributed by atoms with Gasteiger partial charge in [0.2, 0.25) is 0 Å². The number of furan rings is 1. The van der Waals surface area contributed by atoms with Crippen molar-refractivity contribution in [1.29, 1.82) is 0 Å². The highest BCUT2D eigenvalue weighted by Crippen LogP contribution is 2.20. The molecule has 82 valence electrons. The van der Waals surface area contributed by atoms with Crippen LogP contribution in [-0.4, -0.2) is 35.4 Å². The number of carbonyl (C=O) groups is 1. The highest BCUT2D eigenvalue weighted by molar-refractivity contribution is 9.10. The monoisotopic (exact) mass is 289 g/mol. The van der Waals surface area contributed by atoms with Gasteiger partial charge in [-0.25, -0.2) is 0 Å². The van der Waals surface area contributed by atoms with Crippen LogP contribution in [0.15, 0.2) is 21.4 Å². The van der Waals surface area contributed by atoms with Gasteiger partial charge < -0.3 is 9.32 Å². The van der Waals surface area contributed by atoms with E-state index in [-0.39, 0.29) is 5.91 Å². The van der Waals surface area contributed by atoms with E-state index >= 15 is 0 Å². The maximum absolute atomic E-state index is 12.1. The molecule has 0 saturated carbocycles. The van der Waals surface area contributed by atoms with Gasteiger partial charge in [-0.1, -0.05) is 0 Å². The van der Waals surface area contributed by atoms with Crippen molar-refractivity contribution in [3.8, 4) is 0 Å². The third-order valence-corrected chi connectivity index (χ3v) is 4.02. The van der Waals surface area contributed by atoms with Gasteiger partial charge in [0.25, 0.3) is 5.91 Å². The lowest BCUT2D eigenvalue weighted by atomic mass is 10.3. The smallest absolute Gasteiger partial charge is 0.258 e. The summed E-state index contributed by atoms with van der Waals surface area (Å²) in [4.78, 5) is 14.0. The van der Waals surface area contributed by atoms with Gasteiger partial charge in [-0.05, 0) is 34.2 Å². The second-order valence-electron chi connectivity index (χ2n) is 3.37. The number of hydrogen-bond donors (Lipinski definition) is 0. The molecule has 15 heavy (non-hydrogen) atoms. The van der Waals surface area contributed by atoms with Gasteiger partial charge in [-0.3, -0.25) is 4.79 Å². The molecule has 2 heterocycles. The number of thioether (sulfide) groups is 1. The van der Waals surface area contributed by atoms with Gasteiger partial charge in [0.15, 0.2) is 4.67 Å². The third kappa shape index (κ3) is 2.58. The normalized spacial score (nSPS) is 17.5. The minimum Gasteiger partial charge on any atom is -0.457 e. The molecule has 0 radical (unpaired) electrons. The lowest BCUT2D eigenvalue weighted by Crippen LogP contribution is -2.32. The Morgan fingerprint density at radius 1 is 1.47 bits per heavy atom. The summed E-state index contributed by atoms with van der Waals surface area (Å²) in [6, 6.07) is 1.71. The summed E-state index contributed by atoms with van der Waals surface area (Å²) in [7, 11) is 0. The van der Waals surface area contributed by atoms with E-state index in [1.165, 1.54) is 6.26 Å². The number of halogens is 1. The fourth-order valence-electron chi connectivity index (χ4n) is 1.57. The molecule has 0 aliphatic carbocycles. The van der Waals surface area contributed by atoms with E-state index in [1.54, 1.807) is 6.07 Å². The largest absolute Gasteiger partial charge is 0.457 e. The number of hydrogen-bond acceptors (Lipinski definition) is 3. The predicted molar refractivity (Wildman–Crippen MR) is 64.3 cm³/mol. The van der Waals surface area contributed by atoms with Gasteiger partial charge in [0, 0.05) is 18.8 Å². The first-order valence-corrected chi connectivity index (χ1v) is 6.84. The molecule has 1 amide bonds. The summed E-state index contributed by atoms with van der Waals surface area (Å²) in [6.45, 7) is 1.69. The summed E-state index contributed by atoms with van der Waals surface area (Å²) in [6.07, 6.45) is 2.61. The minimum absolute atomic E-state index is 0.0677. The first-order valence-electron chi connectivity index (χ1n) is 4.89. The Labute approximate surface area is 101 Å². The van der Waals surface area contributed by atoms with Gasteiger partial charge in [-0.15, -0.1) is 0 Å². The van der Waals surface area contributed by atoms with Crippen LogP contribution in [0.25, 0.3) is 0 Å². The molecular formula is C10H12BrNO2S. The van der Waals surface area contributed by atoms with Crippen molar-refractivity contribution in [1.82, 2.24) is 4.90 Å². The zero-order chi connectivity index (χ0) is 10.7. The highest BCUT2D eigenvalue weighted by Gasteiger charge is 2.20. The second-order valence-corrected chi connectivity index (χ2v) is 5.31. The van der Waals surface area contributed by atoms with Crippen molar-refractivity contribution < 1.29 is 9.21 Å². The van der Waals surface area contributed by atoms with Crippen LogP contribution in [0.4, 0.5) is 0 Å². The van der Waals surface area contributed by atoms with Crippen LogP contribution >= 0.6 is 27.7 Å². The molecule has 0 aromatic carbocycles. The maximum atomic E-state index is 12.1. The third-order valence-electron chi connectivity index (χ3n) is 2.36. The summed E-state index contributed by atoms with van der Waals surface area (Å²) in [5, 5.41) is 0. The van der Waals surface area contributed by atoms with E-state index < -0.39 is 0 Å². The number of carbonyl (C=O) groups excluding carboxylic acids is 1. The number of nitrogens with zero attached hydrogens (tertiary/aromatic N) is 1. The second kappa shape index (κ2) is 5.07. The summed E-state index contributed by atoms with van der Waals surface area (Å²) in [5.41, 5.74) is 0.627. The molecule has 1 aromatic heterocycles. The van der Waals surface area contributed by atoms with Gasteiger partial charge in [0.1, 0.15) is 0 Å². The van der Waals surface area contributed by atoms with Crippen LogP contribution in [0, 0.1) is 0 Å². The predicted octanol–water partition coefficient (Wildman–Crippen LogP) is 2.62. The minimum atomic E-state index is 0.0677. The van der Waals surface area contributed by atoms with Crippen molar-refractivity contribution in [2.45, 2.75) is 6.42 Å². The Bertz CT molecular complexity index is 345. The van der Waals surface area contributed by atoms with Crippen molar-refractivity contribution >= 4 is 33.6 Å². The SMILES string of the molecule is O=C(c1ccoc1Br)N1CCCSCC1. The van der Waals surface area contributed by atoms with E-state index in [1.807, 2.05) is 16.7 Å². The molecule has 0 unspecified atom stereocenters. The van der Waals surface area contributed by atoms with E-state index in [0.717, 1.165) is 31.0 Å². The molecule has 1 saturated heterocycles. The Kier molecular flexibility index (Phi) is 3.75. The standard InChI is InChI=1S/C10H12BrNO2S/c11-9-8(2-5-14-9)10(13)12-3-1-6-15-7-4-12/h2,5H,1,3-4,6-7H2. The van der Waals surface area contributed by atoms with Crippen molar-refractivity contribution in [2.75, 3.05) is 24.6 Å². The first kappa shape index (κ1) is 11.1. The topological polar surface area (TPSA) is 33.5 Å². The van der Waals surface area contributed by atoms with Gasteiger partial charge in [0.05, 0.1) is 11.8 Å². The molecule has 1 aromatic rings. The lowest BCUT2D eigenvalue weighted by molar-refractivity contribution is 0.0766. The van der Waals surface area contributed by atoms with E-state index in [2.05, 4.69) is 15.9 Å². The lowest BCUT2D eigenvalue weighted by Gasteiger charge is -2.19. The van der Waals surface area contributed by atoms with Gasteiger partial charge >= 0.3 is 0 Å². The van der Waals surface area contributed by atoms with Crippen LogP contribution in [0.1, 0.15) is 16.8 Å². The zero-order valence-corrected chi connectivity index (χ0v) is 10.6. The summed E-state index contributed by atoms with van der Waals surface area (Å²) in [5.74, 6) is 2.25. The maximum Gasteiger partial charge on any atom is 0.258 e. The van der Waals surface area contributed by atoms with E-state index in [4.69, 9.17) is 4.42 Å². The summed E-state index contributed by atoms with van der Waals surface area (Å²) >= 11 is 5.14. The zero-order valence-electron chi connectivity index (χ0n) is 8.24. The fourth-order valence-corrected chi connectivity index (χ4v) is 2.86. The molecule has 1 aliphatic rings. The fraction of sp³-hybridized carbons (Fsp3) is 0.500. The van der Waals surface area contributed by atoms with Gasteiger partial charge in [-0.2, -0.15) is 11.8 Å². The van der Waals surface area contributed by atoms with Crippen molar-refractivity contribution in [3.63, 3.8) is 0 Å². The molecule has 0 bridgehead atoms. The highest BCUT2D eigenvalue weighted by atomic mass is 79.9. The Morgan fingerprint density at radius 3 is 3.07 bits per heavy atom. The Balaban J connectivity index is 2.09. The molecule has 2 rings (SSSR count). The van der Waals surface area contributed by atoms with Crippen LogP contribution in [0.3, 0.4) is 0 Å². The molecule has 5 heteroatoms. The van der Waals surface area contributed by atoms with Crippen LogP contribution in [-0.2, 0) is 0 Å². The molecule has 0 N–H and O–H groups in total. The number of amides is 1. The average Bonchev–Trinajstić information content (AvgIpc) is 2.53. The van der Waals surface area contributed by atoms with Crippen LogP contribution in [0.2, 0.25) is 0 Å². The Hall–Kier alpha value is -0.420. The van der Waals surface area contributed by atoms with Crippen LogP contribution < -0.4 is 0 Å². The Morgan fingerprint density at radius 2 is 2.33 bits per heavy atom. The summed E-state index contributed by atoms with van der Waals surface area (Å²) < 4.78 is 5.60. The van der Waals surface area contributed by atoms with E-state index in [0.29, 0.717) is 10.2 Å². The van der Waals surface area contributed by atoms with Crippen molar-refractivity contribution in [3.05, 3.63) is 22.6 Å². The van der Waals surface area contributed by atoms with Crippen molar-refractivity contribution in [2.24, 2.45) is 0 Å². The molecule has 1 fully saturated rings. The molecule has 3 nitrogen and oxygen atoms in total. The number of rotatable bonds is 1. The molecule has 1 aliphatic heterocycles. The molecule has 0 spiro atoms. The van der Waals surface area contributed by atoms with Crippen LogP contribution in [0.5, 0.6) is 0 Å².